The van der Waals surface area contributed by atoms with Crippen molar-refractivity contribution in [1.29, 1.82) is 0 Å². The van der Waals surface area contributed by atoms with Gasteiger partial charge in [-0.1, -0.05) is 24.3 Å². The number of carbonyl (C=O) groups excluding carboxylic acids is 1. The van der Waals surface area contributed by atoms with Crippen LogP contribution in [0.3, 0.4) is 0 Å². The number of hydrogen-bond acceptors (Lipinski definition) is 4. The van der Waals surface area contributed by atoms with Crippen LogP contribution in [0.5, 0.6) is 0 Å². The minimum Gasteiger partial charge on any atom is -0.282 e. The summed E-state index contributed by atoms with van der Waals surface area (Å²) in [5.74, 6) is -0.396. The summed E-state index contributed by atoms with van der Waals surface area (Å²) < 4.78 is 32.0. The highest BCUT2D eigenvalue weighted by Crippen LogP contribution is 2.22. The van der Waals surface area contributed by atoms with Crippen LogP contribution in [-0.2, 0) is 10.1 Å². The third-order valence-corrected chi connectivity index (χ3v) is 4.12. The highest BCUT2D eigenvalue weighted by Gasteiger charge is 2.21. The lowest BCUT2D eigenvalue weighted by Crippen LogP contribution is -2.36. The fraction of sp³-hybridized carbons (Fsp3) is 0. The summed E-state index contributed by atoms with van der Waals surface area (Å²) in [6, 6.07) is 15.6. The normalized spacial score (nSPS) is 11.2. The number of aromatic nitrogens is 2. The van der Waals surface area contributed by atoms with Gasteiger partial charge in [-0.25, -0.2) is 0 Å². The second-order valence-electron chi connectivity index (χ2n) is 4.88. The van der Waals surface area contributed by atoms with Crippen LogP contribution in [0.1, 0.15) is 10.4 Å². The molecule has 2 aromatic carbocycles. The third-order valence-electron chi connectivity index (χ3n) is 3.27. The van der Waals surface area contributed by atoms with E-state index in [-0.39, 0.29) is 10.6 Å². The minimum atomic E-state index is -4.39. The average molecular weight is 343 g/mol. The second kappa shape index (κ2) is 6.26. The molecule has 8 heteroatoms. The van der Waals surface area contributed by atoms with Gasteiger partial charge in [0.15, 0.2) is 0 Å². The maximum atomic E-state index is 12.9. The number of rotatable bonds is 4. The predicted octanol–water partition coefficient (Wildman–Crippen LogP) is 2.24. The molecule has 7 nitrogen and oxygen atoms in total. The maximum Gasteiger partial charge on any atom is 0.294 e. The van der Waals surface area contributed by atoms with Crippen molar-refractivity contribution in [1.82, 2.24) is 9.89 Å². The Hall–Kier alpha value is -2.97. The van der Waals surface area contributed by atoms with Gasteiger partial charge in [0.2, 0.25) is 0 Å². The number of hydrogen-bond donors (Lipinski definition) is 1. The van der Waals surface area contributed by atoms with Gasteiger partial charge in [0, 0.05) is 11.8 Å². The van der Waals surface area contributed by atoms with E-state index < -0.39 is 16.0 Å². The van der Waals surface area contributed by atoms with E-state index in [4.69, 9.17) is 0 Å². The molecular weight excluding hydrogens is 330 g/mol. The van der Waals surface area contributed by atoms with Crippen LogP contribution < -0.4 is 5.01 Å². The van der Waals surface area contributed by atoms with Crippen molar-refractivity contribution in [3.63, 3.8) is 0 Å². The Balaban J connectivity index is 2.12. The van der Waals surface area contributed by atoms with E-state index >= 15 is 0 Å². The van der Waals surface area contributed by atoms with Crippen LogP contribution in [0.4, 0.5) is 5.69 Å². The van der Waals surface area contributed by atoms with Crippen molar-refractivity contribution in [2.45, 2.75) is 4.90 Å². The molecule has 1 heterocycles. The number of amides is 1. The van der Waals surface area contributed by atoms with E-state index in [0.29, 0.717) is 5.56 Å². The average Bonchev–Trinajstić information content (AvgIpc) is 3.09. The third kappa shape index (κ3) is 3.19. The van der Waals surface area contributed by atoms with E-state index in [0.717, 1.165) is 0 Å². The van der Waals surface area contributed by atoms with Crippen LogP contribution in [0.2, 0.25) is 0 Å². The Morgan fingerprint density at radius 1 is 1.04 bits per heavy atom. The number of nitrogens with zero attached hydrogens (tertiary/aromatic N) is 3. The molecule has 0 spiro atoms. The van der Waals surface area contributed by atoms with Gasteiger partial charge in [0.1, 0.15) is 0 Å². The smallest absolute Gasteiger partial charge is 0.282 e. The van der Waals surface area contributed by atoms with E-state index in [9.17, 15) is 17.8 Å². The van der Waals surface area contributed by atoms with Gasteiger partial charge in [0.05, 0.1) is 16.8 Å². The monoisotopic (exact) mass is 343 g/mol. The zero-order valence-electron chi connectivity index (χ0n) is 12.4. The highest BCUT2D eigenvalue weighted by molar-refractivity contribution is 7.85. The lowest BCUT2D eigenvalue weighted by molar-refractivity contribution is 0.0972. The molecule has 122 valence electrons. The summed E-state index contributed by atoms with van der Waals surface area (Å²) in [6.45, 7) is 0. The van der Waals surface area contributed by atoms with Crippen molar-refractivity contribution >= 4 is 21.7 Å². The van der Waals surface area contributed by atoms with Gasteiger partial charge in [0.25, 0.3) is 16.0 Å². The molecule has 1 amide bonds. The molecule has 0 radical (unpaired) electrons. The Morgan fingerprint density at radius 2 is 1.79 bits per heavy atom. The number of benzene rings is 2. The predicted molar refractivity (Wildman–Crippen MR) is 87.1 cm³/mol. The van der Waals surface area contributed by atoms with Crippen molar-refractivity contribution in [3.8, 4) is 0 Å². The lowest BCUT2D eigenvalue weighted by atomic mass is 10.2. The molecule has 0 saturated heterocycles. The summed E-state index contributed by atoms with van der Waals surface area (Å²) >= 11 is 0. The van der Waals surface area contributed by atoms with E-state index in [1.807, 2.05) is 0 Å². The molecule has 0 fully saturated rings. The molecule has 0 aliphatic heterocycles. The Morgan fingerprint density at radius 3 is 2.42 bits per heavy atom. The Bertz CT molecular complexity index is 954. The molecule has 3 aromatic rings. The van der Waals surface area contributed by atoms with Crippen LogP contribution in [0.15, 0.2) is 78.0 Å². The molecule has 0 aliphatic rings. The summed E-state index contributed by atoms with van der Waals surface area (Å²) in [5, 5.41) is 5.25. The fourth-order valence-electron chi connectivity index (χ4n) is 2.19. The molecule has 1 aromatic heterocycles. The Labute approximate surface area is 138 Å². The SMILES string of the molecule is O=C(c1ccccc1)N(c1cccc(S(=O)(=O)O)c1)n1cccn1. The van der Waals surface area contributed by atoms with Gasteiger partial charge in [-0.2, -0.15) is 23.3 Å². The first kappa shape index (κ1) is 15.9. The summed E-state index contributed by atoms with van der Waals surface area (Å²) in [4.78, 5) is 13.8. The molecule has 1 N–H and O–H groups in total. The topological polar surface area (TPSA) is 92.5 Å². The largest absolute Gasteiger partial charge is 0.294 e. The molecule has 0 unspecified atom stereocenters. The van der Waals surface area contributed by atoms with Crippen molar-refractivity contribution in [2.24, 2.45) is 0 Å². The maximum absolute atomic E-state index is 12.9. The summed E-state index contributed by atoms with van der Waals surface area (Å²) in [6.07, 6.45) is 3.05. The first-order valence-electron chi connectivity index (χ1n) is 6.94. The fourth-order valence-corrected chi connectivity index (χ4v) is 2.71. The Kier molecular flexibility index (Phi) is 4.15. The van der Waals surface area contributed by atoms with Crippen LogP contribution >= 0.6 is 0 Å². The summed E-state index contributed by atoms with van der Waals surface area (Å²) in [7, 11) is -4.39. The van der Waals surface area contributed by atoms with E-state index in [1.54, 1.807) is 48.7 Å². The molecule has 24 heavy (non-hydrogen) atoms. The second-order valence-corrected chi connectivity index (χ2v) is 6.30. The number of carbonyl (C=O) groups is 1. The van der Waals surface area contributed by atoms with Crippen LogP contribution in [0, 0.1) is 0 Å². The summed E-state index contributed by atoms with van der Waals surface area (Å²) in [5.41, 5.74) is 0.660. The van der Waals surface area contributed by atoms with Crippen molar-refractivity contribution in [3.05, 3.63) is 78.6 Å². The van der Waals surface area contributed by atoms with Gasteiger partial charge >= 0.3 is 0 Å². The van der Waals surface area contributed by atoms with E-state index in [2.05, 4.69) is 5.10 Å². The van der Waals surface area contributed by atoms with Gasteiger partial charge in [-0.05, 0) is 36.4 Å². The molecule has 0 saturated carbocycles. The molecular formula is C16H13N3O4S. The van der Waals surface area contributed by atoms with Gasteiger partial charge < -0.3 is 0 Å². The zero-order chi connectivity index (χ0) is 17.2. The lowest BCUT2D eigenvalue weighted by Gasteiger charge is -2.22. The quantitative estimate of drug-likeness (QED) is 0.734. The first-order valence-corrected chi connectivity index (χ1v) is 8.38. The zero-order valence-corrected chi connectivity index (χ0v) is 13.2. The minimum absolute atomic E-state index is 0.252. The molecule has 0 atom stereocenters. The molecule has 0 aliphatic carbocycles. The number of anilines is 1. The van der Waals surface area contributed by atoms with Gasteiger partial charge in [-0.15, -0.1) is 0 Å². The molecule has 3 rings (SSSR count). The molecule has 0 bridgehead atoms. The van der Waals surface area contributed by atoms with Crippen molar-refractivity contribution < 1.29 is 17.8 Å². The van der Waals surface area contributed by atoms with Gasteiger partial charge in [-0.3, -0.25) is 9.35 Å². The highest BCUT2D eigenvalue weighted by atomic mass is 32.2. The first-order chi connectivity index (χ1) is 11.5. The van der Waals surface area contributed by atoms with Crippen LogP contribution in [0.25, 0.3) is 0 Å². The van der Waals surface area contributed by atoms with Crippen molar-refractivity contribution in [2.75, 3.05) is 5.01 Å². The van der Waals surface area contributed by atoms with E-state index in [1.165, 1.54) is 34.2 Å². The van der Waals surface area contributed by atoms with Crippen LogP contribution in [-0.4, -0.2) is 28.8 Å². The standard InChI is InChI=1S/C16H13N3O4S/c20-16(13-6-2-1-3-7-13)19(18-11-5-10-17-18)14-8-4-9-15(12-14)24(21,22)23/h1-12H,(H,21,22,23).